The van der Waals surface area contributed by atoms with E-state index in [1.165, 1.54) is 17.4 Å². The van der Waals surface area contributed by atoms with E-state index in [9.17, 15) is 22.8 Å². The lowest BCUT2D eigenvalue weighted by molar-refractivity contribution is -0.127. The molecule has 0 saturated carbocycles. The molecule has 1 aliphatic heterocycles. The maximum Gasteiger partial charge on any atom is 0.338 e. The molecule has 0 aliphatic carbocycles. The fourth-order valence-electron chi connectivity index (χ4n) is 2.38. The van der Waals surface area contributed by atoms with E-state index in [-0.39, 0.29) is 18.0 Å². The lowest BCUT2D eigenvalue weighted by atomic mass is 10.1. The van der Waals surface area contributed by atoms with Crippen LogP contribution in [-0.4, -0.2) is 59.2 Å². The molecule has 9 nitrogen and oxygen atoms in total. The van der Waals surface area contributed by atoms with Gasteiger partial charge in [0.15, 0.2) is 6.61 Å². The summed E-state index contributed by atoms with van der Waals surface area (Å²) in [7, 11) is -1.92. The van der Waals surface area contributed by atoms with Crippen molar-refractivity contribution in [2.45, 2.75) is 6.42 Å². The number of nitrogens with zero attached hydrogens (tertiary/aromatic N) is 1. The molecule has 0 fully saturated rings. The molecule has 0 atom stereocenters. The predicted octanol–water partition coefficient (Wildman–Crippen LogP) is -0.972. The summed E-state index contributed by atoms with van der Waals surface area (Å²) in [5.74, 6) is -1.66. The van der Waals surface area contributed by atoms with Crippen LogP contribution < -0.4 is 14.9 Å². The topological polar surface area (TPSA) is 122 Å². The van der Waals surface area contributed by atoms with Crippen molar-refractivity contribution in [2.75, 3.05) is 37.3 Å². The molecular weight excluding hydrogens is 350 g/mol. The molecule has 1 aliphatic rings. The van der Waals surface area contributed by atoms with Gasteiger partial charge >= 0.3 is 5.97 Å². The molecule has 0 saturated heterocycles. The van der Waals surface area contributed by atoms with Gasteiger partial charge in [0, 0.05) is 13.6 Å². The summed E-state index contributed by atoms with van der Waals surface area (Å²) >= 11 is 0. The second kappa shape index (κ2) is 7.51. The summed E-state index contributed by atoms with van der Waals surface area (Å²) in [6.45, 7) is -0.385. The number of benzene rings is 1. The third-order valence-corrected chi connectivity index (χ3v) is 4.81. The lowest BCUT2D eigenvalue weighted by Crippen LogP contribution is -2.37. The summed E-state index contributed by atoms with van der Waals surface area (Å²) < 4.78 is 29.5. The van der Waals surface area contributed by atoms with E-state index in [1.807, 2.05) is 0 Å². The van der Waals surface area contributed by atoms with Crippen molar-refractivity contribution < 1.29 is 27.5 Å². The Hall–Kier alpha value is -2.62. The molecule has 0 spiro atoms. The highest BCUT2D eigenvalue weighted by Gasteiger charge is 2.27. The number of nitrogens with one attached hydrogen (secondary N) is 2. The summed E-state index contributed by atoms with van der Waals surface area (Å²) in [6, 6.07) is 4.56. The van der Waals surface area contributed by atoms with E-state index < -0.39 is 28.5 Å². The normalized spacial score (nSPS) is 13.1. The van der Waals surface area contributed by atoms with Crippen LogP contribution in [0.5, 0.6) is 0 Å². The van der Waals surface area contributed by atoms with Crippen LogP contribution in [0, 0.1) is 0 Å². The largest absolute Gasteiger partial charge is 0.452 e. The van der Waals surface area contributed by atoms with Gasteiger partial charge in [0.05, 0.1) is 24.1 Å². The minimum Gasteiger partial charge on any atom is -0.452 e. The van der Waals surface area contributed by atoms with Crippen LogP contribution in [0.25, 0.3) is 0 Å². The Balaban J connectivity index is 1.96. The van der Waals surface area contributed by atoms with Crippen LogP contribution in [-0.2, 0) is 30.8 Å². The molecule has 2 N–H and O–H groups in total. The maximum absolute atomic E-state index is 12.0. The first-order valence-electron chi connectivity index (χ1n) is 7.47. The summed E-state index contributed by atoms with van der Waals surface area (Å²) in [5.41, 5.74) is 1.50. The molecule has 1 aromatic carbocycles. The smallest absolute Gasteiger partial charge is 0.338 e. The number of amides is 2. The number of anilines is 1. The summed E-state index contributed by atoms with van der Waals surface area (Å²) in [5, 5.41) is 4.64. The molecule has 0 aromatic heterocycles. The third-order valence-electron chi connectivity index (χ3n) is 3.63. The molecule has 1 aromatic rings. The number of carbonyl (C=O) groups is 3. The zero-order valence-electron chi connectivity index (χ0n) is 13.9. The highest BCUT2D eigenvalue weighted by molar-refractivity contribution is 7.92. The first-order valence-corrected chi connectivity index (χ1v) is 9.32. The molecule has 0 bridgehead atoms. The number of rotatable bonds is 6. The number of hydrogen-bond acceptors (Lipinski definition) is 6. The van der Waals surface area contributed by atoms with Crippen molar-refractivity contribution in [1.29, 1.82) is 0 Å². The first-order chi connectivity index (χ1) is 11.7. The van der Waals surface area contributed by atoms with E-state index in [4.69, 9.17) is 4.74 Å². The van der Waals surface area contributed by atoms with E-state index >= 15 is 0 Å². The SMILES string of the molecule is CNC(=O)CNC(=O)COC(=O)c1ccc2c(c1)CCN2S(C)(=O)=O. The highest BCUT2D eigenvalue weighted by Crippen LogP contribution is 2.30. The van der Waals surface area contributed by atoms with Crippen molar-refractivity contribution in [1.82, 2.24) is 10.6 Å². The van der Waals surface area contributed by atoms with E-state index in [1.54, 1.807) is 12.1 Å². The van der Waals surface area contributed by atoms with Crippen LogP contribution >= 0.6 is 0 Å². The van der Waals surface area contributed by atoms with Crippen LogP contribution in [0.15, 0.2) is 18.2 Å². The zero-order valence-corrected chi connectivity index (χ0v) is 14.7. The second-order valence-electron chi connectivity index (χ2n) is 5.45. The molecule has 136 valence electrons. The summed E-state index contributed by atoms with van der Waals surface area (Å²) in [6.07, 6.45) is 1.62. The molecular formula is C15H19N3O6S. The predicted molar refractivity (Wildman–Crippen MR) is 89.7 cm³/mol. The molecule has 1 heterocycles. The van der Waals surface area contributed by atoms with Gasteiger partial charge in [-0.2, -0.15) is 0 Å². The van der Waals surface area contributed by atoms with Crippen molar-refractivity contribution in [2.24, 2.45) is 0 Å². The molecule has 10 heteroatoms. The number of fused-ring (bicyclic) bond motifs is 1. The highest BCUT2D eigenvalue weighted by atomic mass is 32.2. The zero-order chi connectivity index (χ0) is 18.6. The Kier molecular flexibility index (Phi) is 5.62. The van der Waals surface area contributed by atoms with Crippen molar-refractivity contribution >= 4 is 33.5 Å². The van der Waals surface area contributed by atoms with Gasteiger partial charge in [-0.05, 0) is 30.2 Å². The number of likely N-dealkylation sites (N-methyl/N-ethyl adjacent to an activating group) is 1. The Morgan fingerprint density at radius 1 is 1.24 bits per heavy atom. The van der Waals surface area contributed by atoms with Crippen LogP contribution in [0.3, 0.4) is 0 Å². The molecule has 25 heavy (non-hydrogen) atoms. The Bertz CT molecular complexity index is 805. The van der Waals surface area contributed by atoms with Crippen LogP contribution in [0.4, 0.5) is 5.69 Å². The van der Waals surface area contributed by atoms with Gasteiger partial charge in [-0.3, -0.25) is 13.9 Å². The van der Waals surface area contributed by atoms with Crippen LogP contribution in [0.1, 0.15) is 15.9 Å². The Morgan fingerprint density at radius 2 is 1.96 bits per heavy atom. The average Bonchev–Trinajstić information content (AvgIpc) is 3.00. The average molecular weight is 369 g/mol. The van der Waals surface area contributed by atoms with Crippen molar-refractivity contribution in [3.05, 3.63) is 29.3 Å². The van der Waals surface area contributed by atoms with E-state index in [0.29, 0.717) is 18.7 Å². The fraction of sp³-hybridized carbons (Fsp3) is 0.400. The lowest BCUT2D eigenvalue weighted by Gasteiger charge is -2.16. The number of hydrogen-bond donors (Lipinski definition) is 2. The molecule has 2 amide bonds. The second-order valence-corrected chi connectivity index (χ2v) is 7.36. The van der Waals surface area contributed by atoms with Gasteiger partial charge in [-0.15, -0.1) is 0 Å². The molecule has 0 unspecified atom stereocenters. The summed E-state index contributed by atoms with van der Waals surface area (Å²) in [4.78, 5) is 34.5. The van der Waals surface area contributed by atoms with Gasteiger partial charge in [0.2, 0.25) is 15.9 Å². The van der Waals surface area contributed by atoms with Crippen LogP contribution in [0.2, 0.25) is 0 Å². The number of ether oxygens (including phenoxy) is 1. The number of carbonyl (C=O) groups excluding carboxylic acids is 3. The van der Waals surface area contributed by atoms with E-state index in [0.717, 1.165) is 11.8 Å². The van der Waals surface area contributed by atoms with Gasteiger partial charge in [-0.1, -0.05) is 0 Å². The number of sulfonamides is 1. The van der Waals surface area contributed by atoms with Crippen molar-refractivity contribution in [3.8, 4) is 0 Å². The van der Waals surface area contributed by atoms with Gasteiger partial charge in [0.1, 0.15) is 0 Å². The van der Waals surface area contributed by atoms with Gasteiger partial charge in [0.25, 0.3) is 5.91 Å². The Labute approximate surface area is 145 Å². The number of esters is 1. The van der Waals surface area contributed by atoms with Gasteiger partial charge < -0.3 is 15.4 Å². The monoisotopic (exact) mass is 369 g/mol. The Morgan fingerprint density at radius 3 is 2.60 bits per heavy atom. The quantitative estimate of drug-likeness (QED) is 0.622. The molecule has 0 radical (unpaired) electrons. The third kappa shape index (κ3) is 4.69. The van der Waals surface area contributed by atoms with Crippen molar-refractivity contribution in [3.63, 3.8) is 0 Å². The minimum atomic E-state index is -3.35. The minimum absolute atomic E-state index is 0.201. The maximum atomic E-state index is 12.0. The van der Waals surface area contributed by atoms with Gasteiger partial charge in [-0.25, -0.2) is 13.2 Å². The fourth-order valence-corrected chi connectivity index (χ4v) is 3.33. The standard InChI is InChI=1S/C15H19N3O6S/c1-16-13(19)8-17-14(20)9-24-15(21)11-3-4-12-10(7-11)5-6-18(12)25(2,22)23/h3-4,7H,5-6,8-9H2,1-2H3,(H,16,19)(H,17,20). The first kappa shape index (κ1) is 18.7. The molecule has 2 rings (SSSR count). The van der Waals surface area contributed by atoms with E-state index in [2.05, 4.69) is 10.6 Å².